The van der Waals surface area contributed by atoms with Crippen LogP contribution >= 0.6 is 11.6 Å². The minimum absolute atomic E-state index is 0.0302. The Morgan fingerprint density at radius 1 is 1.40 bits per heavy atom. The summed E-state index contributed by atoms with van der Waals surface area (Å²) in [5.41, 5.74) is 1.28. The first kappa shape index (κ1) is 14.5. The Labute approximate surface area is 123 Å². The van der Waals surface area contributed by atoms with Gasteiger partial charge in [-0.25, -0.2) is 0 Å². The van der Waals surface area contributed by atoms with Gasteiger partial charge in [-0.2, -0.15) is 0 Å². The van der Waals surface area contributed by atoms with Crippen molar-refractivity contribution in [3.63, 3.8) is 0 Å². The highest BCUT2D eigenvalue weighted by Gasteiger charge is 2.15. The summed E-state index contributed by atoms with van der Waals surface area (Å²) < 4.78 is 5.27. The molecular weight excluding hydrogens is 276 g/mol. The average Bonchev–Trinajstić information content (AvgIpc) is 2.91. The summed E-state index contributed by atoms with van der Waals surface area (Å²) in [5, 5.41) is 6.46. The van der Waals surface area contributed by atoms with Crippen molar-refractivity contribution in [2.75, 3.05) is 12.4 Å². The summed E-state index contributed by atoms with van der Waals surface area (Å²) in [6, 6.07) is 8.88. The van der Waals surface area contributed by atoms with Crippen LogP contribution in [0.5, 0.6) is 0 Å². The van der Waals surface area contributed by atoms with Crippen LogP contribution in [0.3, 0.4) is 0 Å². The van der Waals surface area contributed by atoms with Crippen molar-refractivity contribution >= 4 is 23.2 Å². The molecular formula is C15H17ClN2O2. The SMILES string of the molecule is CNc1ccc(Cl)cc1C(=O)NC(C)Cc1ccco1. The largest absolute Gasteiger partial charge is 0.469 e. The van der Waals surface area contributed by atoms with E-state index in [1.165, 1.54) is 0 Å². The van der Waals surface area contributed by atoms with Crippen molar-refractivity contribution in [3.05, 3.63) is 52.9 Å². The molecule has 1 aromatic heterocycles. The van der Waals surface area contributed by atoms with Gasteiger partial charge in [0.1, 0.15) is 5.76 Å². The number of benzene rings is 1. The zero-order chi connectivity index (χ0) is 14.5. The van der Waals surface area contributed by atoms with Crippen LogP contribution in [0.15, 0.2) is 41.0 Å². The molecule has 1 unspecified atom stereocenters. The van der Waals surface area contributed by atoms with Gasteiger partial charge in [0, 0.05) is 30.2 Å². The lowest BCUT2D eigenvalue weighted by Gasteiger charge is -2.15. The molecule has 106 valence electrons. The van der Waals surface area contributed by atoms with E-state index in [4.69, 9.17) is 16.0 Å². The lowest BCUT2D eigenvalue weighted by atomic mass is 10.1. The van der Waals surface area contributed by atoms with Crippen LogP contribution in [0, 0.1) is 0 Å². The molecule has 1 amide bonds. The average molecular weight is 293 g/mol. The van der Waals surface area contributed by atoms with Gasteiger partial charge in [-0.15, -0.1) is 0 Å². The number of carbonyl (C=O) groups excluding carboxylic acids is 1. The van der Waals surface area contributed by atoms with Crippen LogP contribution in [0.25, 0.3) is 0 Å². The number of furan rings is 1. The highest BCUT2D eigenvalue weighted by atomic mass is 35.5. The molecule has 4 nitrogen and oxygen atoms in total. The molecule has 0 saturated carbocycles. The molecule has 2 aromatic rings. The van der Waals surface area contributed by atoms with Crippen LogP contribution in [0.2, 0.25) is 5.02 Å². The summed E-state index contributed by atoms with van der Waals surface area (Å²) in [6.45, 7) is 1.93. The number of hydrogen-bond acceptors (Lipinski definition) is 3. The van der Waals surface area contributed by atoms with Gasteiger partial charge in [0.05, 0.1) is 11.8 Å². The van der Waals surface area contributed by atoms with E-state index < -0.39 is 0 Å². The first-order valence-electron chi connectivity index (χ1n) is 6.40. The zero-order valence-electron chi connectivity index (χ0n) is 11.4. The lowest BCUT2D eigenvalue weighted by Crippen LogP contribution is -2.34. The van der Waals surface area contributed by atoms with Crippen LogP contribution in [-0.4, -0.2) is 19.0 Å². The third-order valence-corrected chi connectivity index (χ3v) is 3.20. The summed E-state index contributed by atoms with van der Waals surface area (Å²) >= 11 is 5.95. The summed E-state index contributed by atoms with van der Waals surface area (Å²) in [6.07, 6.45) is 2.27. The number of rotatable bonds is 5. The Bertz CT molecular complexity index is 582. The van der Waals surface area contributed by atoms with Crippen molar-refractivity contribution in [3.8, 4) is 0 Å². The molecule has 0 bridgehead atoms. The Morgan fingerprint density at radius 3 is 2.85 bits per heavy atom. The van der Waals surface area contributed by atoms with Crippen LogP contribution in [-0.2, 0) is 6.42 Å². The van der Waals surface area contributed by atoms with Gasteiger partial charge in [-0.1, -0.05) is 11.6 Å². The predicted octanol–water partition coefficient (Wildman–Crippen LogP) is 3.34. The van der Waals surface area contributed by atoms with Crippen LogP contribution in [0.4, 0.5) is 5.69 Å². The minimum Gasteiger partial charge on any atom is -0.469 e. The van der Waals surface area contributed by atoms with Gasteiger partial charge in [0.25, 0.3) is 5.91 Å². The molecule has 0 radical (unpaired) electrons. The van der Waals surface area contributed by atoms with E-state index >= 15 is 0 Å². The monoisotopic (exact) mass is 292 g/mol. The smallest absolute Gasteiger partial charge is 0.253 e. The number of hydrogen-bond donors (Lipinski definition) is 2. The highest BCUT2D eigenvalue weighted by Crippen LogP contribution is 2.20. The first-order chi connectivity index (χ1) is 9.60. The number of amides is 1. The van der Waals surface area contributed by atoms with Gasteiger partial charge in [-0.05, 0) is 37.3 Å². The maximum atomic E-state index is 12.3. The molecule has 1 heterocycles. The molecule has 5 heteroatoms. The fourth-order valence-corrected chi connectivity index (χ4v) is 2.18. The minimum atomic E-state index is -0.157. The standard InChI is InChI=1S/C15H17ClN2O2/c1-10(8-12-4-3-7-20-12)18-15(19)13-9-11(16)5-6-14(13)17-2/h3-7,9-10,17H,8H2,1-2H3,(H,18,19). The number of nitrogens with one attached hydrogen (secondary N) is 2. The highest BCUT2D eigenvalue weighted by molar-refractivity contribution is 6.31. The normalized spacial score (nSPS) is 11.9. The van der Waals surface area contributed by atoms with E-state index in [1.807, 2.05) is 19.1 Å². The maximum absolute atomic E-state index is 12.3. The molecule has 2 N–H and O–H groups in total. The number of carbonyl (C=O) groups is 1. The van der Waals surface area contributed by atoms with Crippen molar-refractivity contribution in [1.29, 1.82) is 0 Å². The molecule has 0 spiro atoms. The second kappa shape index (κ2) is 6.48. The molecule has 0 aliphatic rings. The van der Waals surface area contributed by atoms with E-state index in [0.29, 0.717) is 17.0 Å². The second-order valence-electron chi connectivity index (χ2n) is 4.60. The third-order valence-electron chi connectivity index (χ3n) is 2.96. The summed E-state index contributed by atoms with van der Waals surface area (Å²) in [5.74, 6) is 0.689. The zero-order valence-corrected chi connectivity index (χ0v) is 12.2. The molecule has 2 rings (SSSR count). The lowest BCUT2D eigenvalue weighted by molar-refractivity contribution is 0.0940. The van der Waals surface area contributed by atoms with E-state index in [1.54, 1.807) is 31.5 Å². The molecule has 0 fully saturated rings. The van der Waals surface area contributed by atoms with E-state index in [2.05, 4.69) is 10.6 Å². The molecule has 0 saturated heterocycles. The van der Waals surface area contributed by atoms with Gasteiger partial charge >= 0.3 is 0 Å². The second-order valence-corrected chi connectivity index (χ2v) is 5.03. The quantitative estimate of drug-likeness (QED) is 0.889. The van der Waals surface area contributed by atoms with Crippen molar-refractivity contribution in [2.45, 2.75) is 19.4 Å². The van der Waals surface area contributed by atoms with E-state index in [9.17, 15) is 4.79 Å². The van der Waals surface area contributed by atoms with Crippen LogP contribution < -0.4 is 10.6 Å². The van der Waals surface area contributed by atoms with E-state index in [-0.39, 0.29) is 11.9 Å². The van der Waals surface area contributed by atoms with Crippen molar-refractivity contribution in [2.24, 2.45) is 0 Å². The van der Waals surface area contributed by atoms with Crippen molar-refractivity contribution in [1.82, 2.24) is 5.32 Å². The summed E-state index contributed by atoms with van der Waals surface area (Å²) in [4.78, 5) is 12.3. The molecule has 1 aromatic carbocycles. The maximum Gasteiger partial charge on any atom is 0.253 e. The number of anilines is 1. The Hall–Kier alpha value is -1.94. The number of halogens is 1. The van der Waals surface area contributed by atoms with Crippen molar-refractivity contribution < 1.29 is 9.21 Å². The van der Waals surface area contributed by atoms with Gasteiger partial charge in [0.2, 0.25) is 0 Å². The Morgan fingerprint density at radius 2 is 2.20 bits per heavy atom. The van der Waals surface area contributed by atoms with E-state index in [0.717, 1.165) is 11.4 Å². The fourth-order valence-electron chi connectivity index (χ4n) is 2.01. The Balaban J connectivity index is 2.06. The molecule has 20 heavy (non-hydrogen) atoms. The topological polar surface area (TPSA) is 54.3 Å². The molecule has 0 aliphatic carbocycles. The molecule has 0 aliphatic heterocycles. The first-order valence-corrected chi connectivity index (χ1v) is 6.78. The predicted molar refractivity (Wildman–Crippen MR) is 80.3 cm³/mol. The summed E-state index contributed by atoms with van der Waals surface area (Å²) in [7, 11) is 1.77. The van der Waals surface area contributed by atoms with Gasteiger partial charge in [0.15, 0.2) is 0 Å². The van der Waals surface area contributed by atoms with Crippen LogP contribution in [0.1, 0.15) is 23.0 Å². The van der Waals surface area contributed by atoms with Gasteiger partial charge in [-0.3, -0.25) is 4.79 Å². The molecule has 1 atom stereocenters. The fraction of sp³-hybridized carbons (Fsp3) is 0.267. The Kier molecular flexibility index (Phi) is 4.69. The third kappa shape index (κ3) is 3.54. The van der Waals surface area contributed by atoms with Gasteiger partial charge < -0.3 is 15.1 Å².